The van der Waals surface area contributed by atoms with Crippen LogP contribution in [0.3, 0.4) is 0 Å². The van der Waals surface area contributed by atoms with Crippen molar-refractivity contribution >= 4 is 11.4 Å². The molecular formula is C12H16N3O2. The number of piperazine rings is 1. The molecule has 1 radical (unpaired) electrons. The normalized spacial score (nSPS) is 17.2. The molecule has 2 rings (SSSR count). The lowest BCUT2D eigenvalue weighted by molar-refractivity contribution is -0.384. The first-order valence-electron chi connectivity index (χ1n) is 5.62. The van der Waals surface area contributed by atoms with Crippen molar-refractivity contribution in [3.8, 4) is 0 Å². The molecule has 0 aliphatic carbocycles. The SMILES string of the molecule is [CH2]c1cc([N+](=O)[O-])ccc1N1CCN(C)CC1. The van der Waals surface area contributed by atoms with Gasteiger partial charge in [-0.15, -0.1) is 0 Å². The zero-order chi connectivity index (χ0) is 12.4. The van der Waals surface area contributed by atoms with E-state index in [1.54, 1.807) is 12.1 Å². The van der Waals surface area contributed by atoms with Crippen LogP contribution in [0.25, 0.3) is 0 Å². The van der Waals surface area contributed by atoms with Gasteiger partial charge in [-0.3, -0.25) is 10.1 Å². The number of hydrogen-bond donors (Lipinski definition) is 0. The van der Waals surface area contributed by atoms with Gasteiger partial charge >= 0.3 is 0 Å². The summed E-state index contributed by atoms with van der Waals surface area (Å²) in [5.41, 5.74) is 1.83. The first-order valence-corrected chi connectivity index (χ1v) is 5.62. The molecule has 0 saturated carbocycles. The third kappa shape index (κ3) is 2.55. The highest BCUT2D eigenvalue weighted by molar-refractivity contribution is 5.59. The molecule has 0 atom stereocenters. The van der Waals surface area contributed by atoms with Gasteiger partial charge in [0.2, 0.25) is 0 Å². The topological polar surface area (TPSA) is 49.6 Å². The lowest BCUT2D eigenvalue weighted by atomic mass is 10.1. The van der Waals surface area contributed by atoms with Gasteiger partial charge in [0, 0.05) is 44.0 Å². The van der Waals surface area contributed by atoms with E-state index >= 15 is 0 Å². The number of nitro benzene ring substituents is 1. The third-order valence-corrected chi connectivity index (χ3v) is 3.12. The zero-order valence-corrected chi connectivity index (χ0v) is 9.93. The molecule has 5 nitrogen and oxygen atoms in total. The number of rotatable bonds is 2. The van der Waals surface area contributed by atoms with Gasteiger partial charge in [-0.2, -0.15) is 0 Å². The van der Waals surface area contributed by atoms with E-state index in [9.17, 15) is 10.1 Å². The van der Waals surface area contributed by atoms with Crippen LogP contribution >= 0.6 is 0 Å². The van der Waals surface area contributed by atoms with Gasteiger partial charge in [-0.05, 0) is 25.6 Å². The Labute approximate surface area is 101 Å². The molecule has 0 N–H and O–H groups in total. The van der Waals surface area contributed by atoms with Crippen LogP contribution in [0.15, 0.2) is 18.2 Å². The molecule has 0 unspecified atom stereocenters. The Morgan fingerprint density at radius 3 is 2.47 bits per heavy atom. The van der Waals surface area contributed by atoms with Crippen molar-refractivity contribution in [3.63, 3.8) is 0 Å². The van der Waals surface area contributed by atoms with Crippen molar-refractivity contribution in [2.75, 3.05) is 38.1 Å². The van der Waals surface area contributed by atoms with Crippen LogP contribution in [0.5, 0.6) is 0 Å². The molecule has 1 aliphatic heterocycles. The second-order valence-corrected chi connectivity index (χ2v) is 4.36. The van der Waals surface area contributed by atoms with Crippen LogP contribution in [0.2, 0.25) is 0 Å². The third-order valence-electron chi connectivity index (χ3n) is 3.12. The first kappa shape index (κ1) is 11.9. The maximum absolute atomic E-state index is 10.6. The smallest absolute Gasteiger partial charge is 0.269 e. The Hall–Kier alpha value is -1.62. The highest BCUT2D eigenvalue weighted by Crippen LogP contribution is 2.25. The van der Waals surface area contributed by atoms with Crippen molar-refractivity contribution < 1.29 is 4.92 Å². The number of non-ortho nitro benzene ring substituents is 1. The highest BCUT2D eigenvalue weighted by atomic mass is 16.6. The van der Waals surface area contributed by atoms with Crippen molar-refractivity contribution in [2.45, 2.75) is 0 Å². The summed E-state index contributed by atoms with van der Waals surface area (Å²) in [7, 11) is 2.10. The summed E-state index contributed by atoms with van der Waals surface area (Å²) in [6.45, 7) is 7.80. The Bertz CT molecular complexity index is 426. The van der Waals surface area contributed by atoms with E-state index in [-0.39, 0.29) is 10.6 Å². The molecule has 1 fully saturated rings. The van der Waals surface area contributed by atoms with Gasteiger partial charge in [-0.25, -0.2) is 0 Å². The van der Waals surface area contributed by atoms with Crippen LogP contribution in [0.4, 0.5) is 11.4 Å². The molecule has 0 bridgehead atoms. The van der Waals surface area contributed by atoms with Gasteiger partial charge in [0.1, 0.15) is 0 Å². The Balaban J connectivity index is 2.19. The fourth-order valence-electron chi connectivity index (χ4n) is 2.04. The van der Waals surface area contributed by atoms with Gasteiger partial charge < -0.3 is 9.80 Å². The van der Waals surface area contributed by atoms with E-state index in [1.165, 1.54) is 6.07 Å². The van der Waals surface area contributed by atoms with Gasteiger partial charge in [0.25, 0.3) is 5.69 Å². The molecular weight excluding hydrogens is 218 g/mol. The number of likely N-dealkylation sites (N-methyl/N-ethyl adjacent to an activating group) is 1. The maximum atomic E-state index is 10.6. The average molecular weight is 234 g/mol. The molecule has 1 heterocycles. The second-order valence-electron chi connectivity index (χ2n) is 4.36. The quantitative estimate of drug-likeness (QED) is 0.575. The summed E-state index contributed by atoms with van der Waals surface area (Å²) in [4.78, 5) is 14.8. The van der Waals surface area contributed by atoms with E-state index in [0.717, 1.165) is 37.4 Å². The van der Waals surface area contributed by atoms with Crippen LogP contribution in [-0.4, -0.2) is 43.0 Å². The van der Waals surface area contributed by atoms with Gasteiger partial charge in [-0.1, -0.05) is 0 Å². The summed E-state index contributed by atoms with van der Waals surface area (Å²) < 4.78 is 0. The summed E-state index contributed by atoms with van der Waals surface area (Å²) >= 11 is 0. The van der Waals surface area contributed by atoms with Gasteiger partial charge in [0.15, 0.2) is 0 Å². The van der Waals surface area contributed by atoms with Crippen LogP contribution in [0.1, 0.15) is 5.56 Å². The fraction of sp³-hybridized carbons (Fsp3) is 0.417. The molecule has 0 amide bonds. The minimum Gasteiger partial charge on any atom is -0.369 e. The summed E-state index contributed by atoms with van der Waals surface area (Å²) in [5.74, 6) is 0. The van der Waals surface area contributed by atoms with Crippen LogP contribution in [0, 0.1) is 17.0 Å². The molecule has 1 saturated heterocycles. The van der Waals surface area contributed by atoms with Crippen LogP contribution < -0.4 is 4.90 Å². The van der Waals surface area contributed by atoms with Gasteiger partial charge in [0.05, 0.1) is 4.92 Å². The Morgan fingerprint density at radius 1 is 1.29 bits per heavy atom. The molecule has 0 aromatic heterocycles. The molecule has 0 spiro atoms. The van der Waals surface area contributed by atoms with Crippen molar-refractivity contribution in [1.29, 1.82) is 0 Å². The van der Waals surface area contributed by atoms with E-state index in [4.69, 9.17) is 0 Å². The average Bonchev–Trinajstić information content (AvgIpc) is 2.30. The molecule has 1 aromatic rings. The van der Waals surface area contributed by atoms with Crippen molar-refractivity contribution in [2.24, 2.45) is 0 Å². The number of nitrogens with zero attached hydrogens (tertiary/aromatic N) is 3. The monoisotopic (exact) mass is 234 g/mol. The molecule has 1 aliphatic rings. The predicted molar refractivity (Wildman–Crippen MR) is 67.3 cm³/mol. The zero-order valence-electron chi connectivity index (χ0n) is 9.93. The minimum absolute atomic E-state index is 0.105. The summed E-state index contributed by atoms with van der Waals surface area (Å²) in [5, 5.41) is 10.6. The summed E-state index contributed by atoms with van der Waals surface area (Å²) in [6, 6.07) is 4.88. The maximum Gasteiger partial charge on any atom is 0.269 e. The molecule has 1 aromatic carbocycles. The fourth-order valence-corrected chi connectivity index (χ4v) is 2.04. The second kappa shape index (κ2) is 4.71. The number of hydrogen-bond acceptors (Lipinski definition) is 4. The molecule has 5 heteroatoms. The van der Waals surface area contributed by atoms with E-state index in [1.807, 2.05) is 0 Å². The van der Waals surface area contributed by atoms with E-state index < -0.39 is 0 Å². The number of benzene rings is 1. The minimum atomic E-state index is -0.386. The standard InChI is InChI=1S/C12H16N3O2/c1-10-9-11(15(16)17)3-4-12(10)14-7-5-13(2)6-8-14/h3-4,9H,1,5-8H2,2H3. The lowest BCUT2D eigenvalue weighted by Crippen LogP contribution is -2.44. The number of anilines is 1. The van der Waals surface area contributed by atoms with Crippen molar-refractivity contribution in [3.05, 3.63) is 40.8 Å². The number of nitro groups is 1. The largest absolute Gasteiger partial charge is 0.369 e. The van der Waals surface area contributed by atoms with E-state index in [0.29, 0.717) is 0 Å². The van der Waals surface area contributed by atoms with Crippen molar-refractivity contribution in [1.82, 2.24) is 4.90 Å². The molecule has 17 heavy (non-hydrogen) atoms. The van der Waals surface area contributed by atoms with E-state index in [2.05, 4.69) is 23.8 Å². The Kier molecular flexibility index (Phi) is 3.28. The summed E-state index contributed by atoms with van der Waals surface area (Å²) in [6.07, 6.45) is 0. The lowest BCUT2D eigenvalue weighted by Gasteiger charge is -2.34. The predicted octanol–water partition coefficient (Wildman–Crippen LogP) is 1.53. The first-order chi connectivity index (χ1) is 8.08. The highest BCUT2D eigenvalue weighted by Gasteiger charge is 2.17. The Morgan fingerprint density at radius 2 is 1.94 bits per heavy atom. The van der Waals surface area contributed by atoms with Crippen LogP contribution in [-0.2, 0) is 0 Å². The molecule has 91 valence electrons.